The van der Waals surface area contributed by atoms with Gasteiger partial charge in [-0.05, 0) is 35.3 Å². The van der Waals surface area contributed by atoms with Crippen LogP contribution in [-0.2, 0) is 6.54 Å². The van der Waals surface area contributed by atoms with Gasteiger partial charge in [-0.2, -0.15) is 0 Å². The van der Waals surface area contributed by atoms with Crippen LogP contribution in [0, 0.1) is 0 Å². The minimum absolute atomic E-state index is 0.0208. The van der Waals surface area contributed by atoms with E-state index >= 15 is 0 Å². The number of aromatic nitrogens is 1. The van der Waals surface area contributed by atoms with Gasteiger partial charge in [0.2, 0.25) is 0 Å². The Morgan fingerprint density at radius 3 is 2.24 bits per heavy atom. The van der Waals surface area contributed by atoms with Crippen molar-refractivity contribution in [2.75, 3.05) is 4.90 Å². The highest BCUT2D eigenvalue weighted by molar-refractivity contribution is 7.08. The van der Waals surface area contributed by atoms with Crippen LogP contribution in [0.5, 0.6) is 0 Å². The molecule has 0 spiro atoms. The molecular formula is C17H14N2OS. The van der Waals surface area contributed by atoms with Crippen LogP contribution >= 0.6 is 11.5 Å². The number of rotatable bonds is 4. The van der Waals surface area contributed by atoms with Gasteiger partial charge in [0.25, 0.3) is 5.91 Å². The normalized spacial score (nSPS) is 10.3. The van der Waals surface area contributed by atoms with Gasteiger partial charge >= 0.3 is 0 Å². The number of para-hydroxylation sites is 1. The lowest BCUT2D eigenvalue weighted by molar-refractivity contribution is 0.0989. The minimum Gasteiger partial charge on any atom is -0.303 e. The summed E-state index contributed by atoms with van der Waals surface area (Å²) in [6.45, 7) is 0.543. The molecule has 4 heteroatoms. The minimum atomic E-state index is -0.0208. The molecule has 0 N–H and O–H groups in total. The lowest BCUT2D eigenvalue weighted by Crippen LogP contribution is -2.29. The second kappa shape index (κ2) is 6.33. The summed E-state index contributed by atoms with van der Waals surface area (Å²) in [6, 6.07) is 21.5. The zero-order chi connectivity index (χ0) is 14.5. The Balaban J connectivity index is 1.93. The largest absolute Gasteiger partial charge is 0.303 e. The number of carbonyl (C=O) groups excluding carboxylic acids is 1. The smallest absolute Gasteiger partial charge is 0.270 e. The fourth-order valence-electron chi connectivity index (χ4n) is 2.11. The number of amides is 1. The number of carbonyl (C=O) groups is 1. The summed E-state index contributed by atoms with van der Waals surface area (Å²) in [5, 5.41) is 0. The second-order valence-electron chi connectivity index (χ2n) is 4.59. The van der Waals surface area contributed by atoms with Crippen LogP contribution in [0.15, 0.2) is 72.9 Å². The lowest BCUT2D eigenvalue weighted by atomic mass is 10.2. The highest BCUT2D eigenvalue weighted by Gasteiger charge is 2.19. The van der Waals surface area contributed by atoms with E-state index in [0.29, 0.717) is 11.4 Å². The summed E-state index contributed by atoms with van der Waals surface area (Å²) >= 11 is 1.22. The van der Waals surface area contributed by atoms with E-state index in [1.165, 1.54) is 11.5 Å². The quantitative estimate of drug-likeness (QED) is 0.729. The molecule has 0 bridgehead atoms. The maximum absolute atomic E-state index is 12.7. The van der Waals surface area contributed by atoms with Gasteiger partial charge in [-0.3, -0.25) is 4.79 Å². The van der Waals surface area contributed by atoms with E-state index in [9.17, 15) is 4.79 Å². The van der Waals surface area contributed by atoms with Crippen molar-refractivity contribution in [2.45, 2.75) is 6.54 Å². The van der Waals surface area contributed by atoms with Crippen LogP contribution in [0.25, 0.3) is 0 Å². The lowest BCUT2D eigenvalue weighted by Gasteiger charge is -2.22. The van der Waals surface area contributed by atoms with Crippen LogP contribution in [0.4, 0.5) is 5.69 Å². The molecule has 0 fully saturated rings. The SMILES string of the molecule is O=C(c1ccns1)N(Cc1ccccc1)c1ccccc1. The first kappa shape index (κ1) is 13.5. The van der Waals surface area contributed by atoms with Crippen LogP contribution in [0.3, 0.4) is 0 Å². The molecule has 0 radical (unpaired) electrons. The standard InChI is InChI=1S/C17H14N2OS/c20-17(16-11-12-18-21-16)19(15-9-5-2-6-10-15)13-14-7-3-1-4-8-14/h1-12H,13H2. The summed E-state index contributed by atoms with van der Waals surface area (Å²) in [7, 11) is 0. The molecule has 0 saturated carbocycles. The first-order valence-electron chi connectivity index (χ1n) is 6.66. The second-order valence-corrected chi connectivity index (χ2v) is 5.42. The average molecular weight is 294 g/mol. The predicted molar refractivity (Wildman–Crippen MR) is 85.5 cm³/mol. The van der Waals surface area contributed by atoms with Crippen molar-refractivity contribution >= 4 is 23.1 Å². The average Bonchev–Trinajstić information content (AvgIpc) is 3.08. The van der Waals surface area contributed by atoms with Crippen molar-refractivity contribution in [3.63, 3.8) is 0 Å². The maximum Gasteiger partial charge on any atom is 0.270 e. The van der Waals surface area contributed by atoms with Crippen molar-refractivity contribution in [1.82, 2.24) is 4.37 Å². The fraction of sp³-hybridized carbons (Fsp3) is 0.0588. The first-order chi connectivity index (χ1) is 10.3. The molecule has 1 aromatic heterocycles. The molecule has 0 saturated heterocycles. The van der Waals surface area contributed by atoms with E-state index in [1.54, 1.807) is 17.2 Å². The number of hydrogen-bond acceptors (Lipinski definition) is 3. The van der Waals surface area contributed by atoms with Gasteiger partial charge in [-0.15, -0.1) is 0 Å². The third kappa shape index (κ3) is 3.17. The van der Waals surface area contributed by atoms with Crippen molar-refractivity contribution in [3.8, 4) is 0 Å². The first-order valence-corrected chi connectivity index (χ1v) is 7.43. The molecule has 0 atom stereocenters. The molecule has 1 heterocycles. The van der Waals surface area contributed by atoms with Crippen molar-refractivity contribution in [2.24, 2.45) is 0 Å². The summed E-state index contributed by atoms with van der Waals surface area (Å²) in [5.41, 5.74) is 1.99. The Kier molecular flexibility index (Phi) is 4.07. The van der Waals surface area contributed by atoms with Gasteiger partial charge in [0, 0.05) is 11.9 Å². The van der Waals surface area contributed by atoms with Gasteiger partial charge in [-0.25, -0.2) is 4.37 Å². The molecule has 0 aliphatic heterocycles. The van der Waals surface area contributed by atoms with Crippen molar-refractivity contribution < 1.29 is 4.79 Å². The number of hydrogen-bond donors (Lipinski definition) is 0. The Labute approximate surface area is 127 Å². The Morgan fingerprint density at radius 1 is 0.952 bits per heavy atom. The van der Waals surface area contributed by atoms with Gasteiger partial charge in [0.1, 0.15) is 4.88 Å². The predicted octanol–water partition coefficient (Wildman–Crippen LogP) is 3.99. The molecule has 21 heavy (non-hydrogen) atoms. The Morgan fingerprint density at radius 2 is 1.62 bits per heavy atom. The molecular weight excluding hydrogens is 280 g/mol. The van der Waals surface area contributed by atoms with Crippen molar-refractivity contribution in [3.05, 3.63) is 83.4 Å². The third-order valence-electron chi connectivity index (χ3n) is 3.15. The van der Waals surface area contributed by atoms with E-state index in [4.69, 9.17) is 0 Å². The van der Waals surface area contributed by atoms with Gasteiger partial charge in [0.05, 0.1) is 6.54 Å². The summed E-state index contributed by atoms with van der Waals surface area (Å²) in [5.74, 6) is -0.0208. The highest BCUT2D eigenvalue weighted by atomic mass is 32.1. The Bertz CT molecular complexity index is 696. The molecule has 0 aliphatic carbocycles. The van der Waals surface area contributed by atoms with E-state index in [-0.39, 0.29) is 5.91 Å². The van der Waals surface area contributed by atoms with Crippen LogP contribution in [0.1, 0.15) is 15.2 Å². The monoisotopic (exact) mass is 294 g/mol. The van der Waals surface area contributed by atoms with Gasteiger partial charge in [0.15, 0.2) is 0 Å². The van der Waals surface area contributed by atoms with Gasteiger partial charge < -0.3 is 4.90 Å². The summed E-state index contributed by atoms with van der Waals surface area (Å²) in [4.78, 5) is 15.1. The number of nitrogens with zero attached hydrogens (tertiary/aromatic N) is 2. The maximum atomic E-state index is 12.7. The molecule has 104 valence electrons. The van der Waals surface area contributed by atoms with Crippen LogP contribution in [0.2, 0.25) is 0 Å². The molecule has 3 aromatic rings. The summed E-state index contributed by atoms with van der Waals surface area (Å²) < 4.78 is 4.02. The van der Waals surface area contributed by atoms with Crippen LogP contribution in [-0.4, -0.2) is 10.3 Å². The Hall–Kier alpha value is -2.46. The molecule has 2 aromatic carbocycles. The topological polar surface area (TPSA) is 33.2 Å². The van der Waals surface area contributed by atoms with E-state index in [2.05, 4.69) is 4.37 Å². The zero-order valence-electron chi connectivity index (χ0n) is 11.3. The number of anilines is 1. The number of benzene rings is 2. The molecule has 0 unspecified atom stereocenters. The van der Waals surface area contributed by atoms with Crippen LogP contribution < -0.4 is 4.90 Å². The molecule has 1 amide bonds. The van der Waals surface area contributed by atoms with Gasteiger partial charge in [-0.1, -0.05) is 48.5 Å². The van der Waals surface area contributed by atoms with E-state index in [1.807, 2.05) is 60.7 Å². The van der Waals surface area contributed by atoms with E-state index in [0.717, 1.165) is 11.3 Å². The highest BCUT2D eigenvalue weighted by Crippen LogP contribution is 2.21. The summed E-state index contributed by atoms with van der Waals surface area (Å²) in [6.07, 6.45) is 1.66. The molecule has 3 rings (SSSR count). The zero-order valence-corrected chi connectivity index (χ0v) is 12.2. The third-order valence-corrected chi connectivity index (χ3v) is 3.88. The van der Waals surface area contributed by atoms with E-state index < -0.39 is 0 Å². The van der Waals surface area contributed by atoms with Crippen molar-refractivity contribution in [1.29, 1.82) is 0 Å². The molecule has 0 aliphatic rings. The fourth-order valence-corrected chi connectivity index (χ4v) is 2.66. The molecule has 3 nitrogen and oxygen atoms in total.